The van der Waals surface area contributed by atoms with Gasteiger partial charge in [-0.05, 0) is 75.3 Å². The normalized spacial score (nSPS) is 50.3. The summed E-state index contributed by atoms with van der Waals surface area (Å²) in [5.74, 6) is -0.836. The van der Waals surface area contributed by atoms with Crippen LogP contribution in [-0.2, 0) is 14.3 Å². The van der Waals surface area contributed by atoms with Gasteiger partial charge in [0.25, 0.3) is 0 Å². The van der Waals surface area contributed by atoms with Crippen molar-refractivity contribution in [3.8, 4) is 0 Å². The van der Waals surface area contributed by atoms with Crippen LogP contribution in [0.3, 0.4) is 0 Å². The van der Waals surface area contributed by atoms with Crippen molar-refractivity contribution in [1.29, 1.82) is 0 Å². The van der Waals surface area contributed by atoms with Crippen LogP contribution in [0.15, 0.2) is 39.3 Å². The Kier molecular flexibility index (Phi) is 6.93. The molecule has 4 aliphatic carbocycles. The molecule has 13 atom stereocenters. The number of aliphatic hydroxyl groups is 5. The third-order valence-electron chi connectivity index (χ3n) is 11.3. The molecule has 220 valence electrons. The van der Waals surface area contributed by atoms with E-state index in [-0.39, 0.29) is 11.8 Å². The topological polar surface area (TPSA) is 167 Å². The van der Waals surface area contributed by atoms with E-state index in [4.69, 9.17) is 13.9 Å². The van der Waals surface area contributed by atoms with Gasteiger partial charge in [-0.3, -0.25) is 0 Å². The molecule has 6 rings (SSSR count). The minimum Gasteiger partial charge on any atom is -0.431 e. The molecule has 0 bridgehead atoms. The van der Waals surface area contributed by atoms with Crippen LogP contribution in [0, 0.1) is 22.7 Å². The van der Waals surface area contributed by atoms with Crippen molar-refractivity contribution >= 4 is 6.29 Å². The maximum atomic E-state index is 12.9. The number of aldehydes is 1. The zero-order valence-corrected chi connectivity index (χ0v) is 22.9. The highest BCUT2D eigenvalue weighted by Crippen LogP contribution is 2.69. The summed E-state index contributed by atoms with van der Waals surface area (Å²) >= 11 is 0. The molecular weight excluding hydrogens is 520 g/mol. The second-order valence-corrected chi connectivity index (χ2v) is 13.0. The summed E-state index contributed by atoms with van der Waals surface area (Å²) in [5.41, 5.74) is -1.43. The summed E-state index contributed by atoms with van der Waals surface area (Å²) in [6, 6.07) is 3.13. The number of aliphatic hydroxyl groups excluding tert-OH is 4. The fourth-order valence-electron chi connectivity index (χ4n) is 9.18. The quantitative estimate of drug-likeness (QED) is 0.266. The van der Waals surface area contributed by atoms with Crippen molar-refractivity contribution in [2.24, 2.45) is 22.7 Å². The number of hydrogen-bond acceptors (Lipinski definition) is 10. The summed E-state index contributed by atoms with van der Waals surface area (Å²) in [7, 11) is 0. The Hall–Kier alpha value is -1.92. The minimum atomic E-state index is -1.42. The number of ether oxygens (including phenoxy) is 2. The van der Waals surface area contributed by atoms with Gasteiger partial charge in [-0.2, -0.15) is 0 Å². The molecule has 0 radical (unpaired) electrons. The molecule has 40 heavy (non-hydrogen) atoms. The first-order valence-electron chi connectivity index (χ1n) is 14.5. The van der Waals surface area contributed by atoms with Crippen LogP contribution in [0.1, 0.15) is 70.3 Å². The molecule has 10 heteroatoms. The molecule has 1 aliphatic heterocycles. The average Bonchev–Trinajstić information content (AvgIpc) is 3.21. The lowest BCUT2D eigenvalue weighted by Crippen LogP contribution is -2.65. The molecule has 3 saturated carbocycles. The Bertz CT molecular complexity index is 1210. The van der Waals surface area contributed by atoms with Gasteiger partial charge < -0.3 is 44.2 Å². The van der Waals surface area contributed by atoms with Gasteiger partial charge in [0.05, 0.1) is 35.6 Å². The van der Waals surface area contributed by atoms with E-state index < -0.39 is 70.9 Å². The monoisotopic (exact) mass is 560 g/mol. The van der Waals surface area contributed by atoms with Gasteiger partial charge in [0.15, 0.2) is 6.29 Å². The standard InChI is InChI=1S/C30H40O10/c1-15-24(34)25(35)26(36)27(39-15)40-18-7-9-29(14-31)17(11-18)4-5-20-23(29)21(32)12-28(2)19(8-10-30(20,28)37)16-3-6-22(33)38-13-16/h3,6,11,13-15,18-21,23-27,32,34-37H,4-5,7-10,12H2,1-2H3/t15-,18-,19+,20+,21+,23+,24-,25+,26+,27-,28+,29+,30-/m0/s1. The fourth-order valence-corrected chi connectivity index (χ4v) is 9.18. The number of carbonyl (C=O) groups is 1. The molecule has 0 amide bonds. The largest absolute Gasteiger partial charge is 0.431 e. The third-order valence-corrected chi connectivity index (χ3v) is 11.3. The van der Waals surface area contributed by atoms with Crippen LogP contribution < -0.4 is 5.63 Å². The van der Waals surface area contributed by atoms with Crippen LogP contribution in [0.2, 0.25) is 0 Å². The van der Waals surface area contributed by atoms with Gasteiger partial charge in [0.2, 0.25) is 0 Å². The molecule has 4 fully saturated rings. The summed E-state index contributed by atoms with van der Waals surface area (Å²) in [4.78, 5) is 24.5. The zero-order valence-electron chi connectivity index (χ0n) is 22.9. The minimum absolute atomic E-state index is 0.0936. The average molecular weight is 561 g/mol. The van der Waals surface area contributed by atoms with Crippen LogP contribution in [0.25, 0.3) is 0 Å². The van der Waals surface area contributed by atoms with Gasteiger partial charge in [-0.15, -0.1) is 0 Å². The van der Waals surface area contributed by atoms with Crippen LogP contribution in [-0.4, -0.2) is 80.3 Å². The number of fused-ring (bicyclic) bond motifs is 5. The van der Waals surface area contributed by atoms with Gasteiger partial charge >= 0.3 is 5.63 Å². The van der Waals surface area contributed by atoms with E-state index in [0.717, 1.165) is 17.4 Å². The van der Waals surface area contributed by atoms with Crippen molar-refractivity contribution in [3.63, 3.8) is 0 Å². The first-order chi connectivity index (χ1) is 18.9. The molecule has 0 spiro atoms. The van der Waals surface area contributed by atoms with E-state index in [1.54, 1.807) is 13.0 Å². The molecule has 1 aromatic rings. The van der Waals surface area contributed by atoms with Crippen LogP contribution in [0.5, 0.6) is 0 Å². The molecule has 0 aromatic carbocycles. The van der Waals surface area contributed by atoms with E-state index >= 15 is 0 Å². The Morgan fingerprint density at radius 2 is 1.82 bits per heavy atom. The highest BCUT2D eigenvalue weighted by molar-refractivity contribution is 5.68. The van der Waals surface area contributed by atoms with Gasteiger partial charge in [-0.25, -0.2) is 4.79 Å². The summed E-state index contributed by atoms with van der Waals surface area (Å²) in [6.07, 6.45) is 0.644. The molecule has 1 aromatic heterocycles. The van der Waals surface area contributed by atoms with E-state index in [1.165, 1.54) is 12.3 Å². The SMILES string of the molecule is C[C@@H]1O[C@@H](O[C@@H]2C=C3CC[C@@H]4[C@H]([C@H](O)C[C@]5(C)[C@@H](c6ccc(=O)oc6)CC[C@]45O)[C@@]3(C=O)CC2)[C@H](O)[C@H](O)[C@H]1O. The van der Waals surface area contributed by atoms with Crippen LogP contribution >= 0.6 is 0 Å². The lowest BCUT2D eigenvalue weighted by atomic mass is 9.44. The highest BCUT2D eigenvalue weighted by Gasteiger charge is 2.70. The molecule has 2 heterocycles. The van der Waals surface area contributed by atoms with E-state index in [2.05, 4.69) is 0 Å². The first-order valence-corrected chi connectivity index (χ1v) is 14.5. The summed E-state index contributed by atoms with van der Waals surface area (Å²) < 4.78 is 16.8. The number of carbonyl (C=O) groups excluding carboxylic acids is 1. The number of rotatable bonds is 4. The fraction of sp³-hybridized carbons (Fsp3) is 0.733. The van der Waals surface area contributed by atoms with Crippen molar-refractivity contribution in [1.82, 2.24) is 0 Å². The second-order valence-electron chi connectivity index (χ2n) is 13.0. The highest BCUT2D eigenvalue weighted by atomic mass is 16.7. The van der Waals surface area contributed by atoms with E-state index in [0.29, 0.717) is 44.9 Å². The summed E-state index contributed by atoms with van der Waals surface area (Å²) in [6.45, 7) is 3.61. The smallest absolute Gasteiger partial charge is 0.335 e. The van der Waals surface area contributed by atoms with Gasteiger partial charge in [0, 0.05) is 17.4 Å². The van der Waals surface area contributed by atoms with Gasteiger partial charge in [0.1, 0.15) is 24.6 Å². The third kappa shape index (κ3) is 3.95. The Labute approximate surface area is 232 Å². The maximum Gasteiger partial charge on any atom is 0.335 e. The molecule has 1 saturated heterocycles. The van der Waals surface area contributed by atoms with Crippen molar-refractivity contribution in [2.75, 3.05) is 0 Å². The Morgan fingerprint density at radius 3 is 2.52 bits per heavy atom. The predicted molar refractivity (Wildman–Crippen MR) is 140 cm³/mol. The van der Waals surface area contributed by atoms with E-state index in [9.17, 15) is 35.1 Å². The van der Waals surface area contributed by atoms with Gasteiger partial charge in [-0.1, -0.05) is 18.6 Å². The number of allylic oxidation sites excluding steroid dienone is 1. The summed E-state index contributed by atoms with van der Waals surface area (Å²) in [5, 5.41) is 54.7. The van der Waals surface area contributed by atoms with Crippen molar-refractivity contribution in [3.05, 3.63) is 46.0 Å². The molecule has 5 aliphatic rings. The molecule has 10 nitrogen and oxygen atoms in total. The molecule has 5 N–H and O–H groups in total. The first kappa shape index (κ1) is 28.2. The Morgan fingerprint density at radius 1 is 1.05 bits per heavy atom. The maximum absolute atomic E-state index is 12.9. The zero-order chi connectivity index (χ0) is 28.6. The second kappa shape index (κ2) is 9.83. The van der Waals surface area contributed by atoms with Crippen molar-refractivity contribution < 1.29 is 44.2 Å². The van der Waals surface area contributed by atoms with Crippen LogP contribution in [0.4, 0.5) is 0 Å². The van der Waals surface area contributed by atoms with Crippen molar-refractivity contribution in [2.45, 2.75) is 113 Å². The lowest BCUT2D eigenvalue weighted by molar-refractivity contribution is -0.301. The molecular formula is C30H40O10. The Balaban J connectivity index is 1.27. The van der Waals surface area contributed by atoms with E-state index in [1.807, 2.05) is 13.0 Å². The number of hydrogen-bond donors (Lipinski definition) is 5. The molecule has 0 unspecified atom stereocenters. The lowest BCUT2D eigenvalue weighted by Gasteiger charge is -2.62. The predicted octanol–water partition coefficient (Wildman–Crippen LogP) is 1.16.